The average Bonchev–Trinajstić information content (AvgIpc) is 3.28. The molecule has 2 aliphatic rings. The molecule has 2 atom stereocenters. The summed E-state index contributed by atoms with van der Waals surface area (Å²) in [5.74, 6) is -1.54. The third-order valence-corrected chi connectivity index (χ3v) is 5.49. The van der Waals surface area contributed by atoms with Crippen LogP contribution in [0.3, 0.4) is 0 Å². The number of carbonyl (C=O) groups is 2. The van der Waals surface area contributed by atoms with E-state index >= 15 is 0 Å². The molecule has 0 unspecified atom stereocenters. The number of carboxylic acids is 1. The lowest BCUT2D eigenvalue weighted by molar-refractivity contribution is -0.149. The van der Waals surface area contributed by atoms with Crippen molar-refractivity contribution in [2.45, 2.75) is 19.3 Å². The van der Waals surface area contributed by atoms with Crippen LogP contribution in [0.4, 0.5) is 4.39 Å². The molecule has 25 heavy (non-hydrogen) atoms. The van der Waals surface area contributed by atoms with Gasteiger partial charge in [0.15, 0.2) is 5.69 Å². The van der Waals surface area contributed by atoms with Gasteiger partial charge in [0.25, 0.3) is 5.91 Å². The van der Waals surface area contributed by atoms with Crippen molar-refractivity contribution < 1.29 is 19.1 Å². The number of carbonyl (C=O) groups excluding carboxylic acids is 1. The van der Waals surface area contributed by atoms with E-state index < -0.39 is 17.2 Å². The number of carboxylic acid groups (broad SMARTS) is 1. The van der Waals surface area contributed by atoms with Crippen molar-refractivity contribution in [2.75, 3.05) is 13.1 Å². The van der Waals surface area contributed by atoms with E-state index in [2.05, 4.69) is 5.10 Å². The predicted octanol–water partition coefficient (Wildman–Crippen LogP) is 2.34. The van der Waals surface area contributed by atoms with Crippen molar-refractivity contribution in [3.8, 4) is 5.69 Å². The van der Waals surface area contributed by atoms with Crippen LogP contribution in [0.5, 0.6) is 0 Å². The molecule has 1 aromatic carbocycles. The van der Waals surface area contributed by atoms with Crippen LogP contribution < -0.4 is 0 Å². The minimum atomic E-state index is -0.817. The molecule has 4 rings (SSSR count). The fourth-order valence-electron chi connectivity index (χ4n) is 4.17. The highest BCUT2D eigenvalue weighted by Crippen LogP contribution is 2.49. The van der Waals surface area contributed by atoms with Crippen LogP contribution in [0.15, 0.2) is 36.5 Å². The molecule has 1 amide bonds. The normalized spacial score (nSPS) is 25.2. The first-order valence-electron chi connectivity index (χ1n) is 8.34. The fourth-order valence-corrected chi connectivity index (χ4v) is 4.17. The Kier molecular flexibility index (Phi) is 3.59. The maximum Gasteiger partial charge on any atom is 0.311 e. The molecule has 0 bridgehead atoms. The van der Waals surface area contributed by atoms with Gasteiger partial charge >= 0.3 is 5.97 Å². The number of nitrogens with zero attached hydrogens (tertiary/aromatic N) is 3. The second-order valence-corrected chi connectivity index (χ2v) is 6.83. The van der Waals surface area contributed by atoms with Crippen molar-refractivity contribution in [3.05, 3.63) is 48.0 Å². The zero-order chi connectivity index (χ0) is 17.6. The zero-order valence-electron chi connectivity index (χ0n) is 13.6. The van der Waals surface area contributed by atoms with Gasteiger partial charge in [0.05, 0.1) is 5.41 Å². The number of amides is 1. The van der Waals surface area contributed by atoms with Gasteiger partial charge in [-0.2, -0.15) is 5.10 Å². The van der Waals surface area contributed by atoms with Gasteiger partial charge in [0.2, 0.25) is 0 Å². The molecule has 2 fully saturated rings. The van der Waals surface area contributed by atoms with E-state index in [9.17, 15) is 19.1 Å². The van der Waals surface area contributed by atoms with E-state index in [1.165, 1.54) is 23.0 Å². The van der Waals surface area contributed by atoms with Gasteiger partial charge in [-0.15, -0.1) is 0 Å². The second-order valence-electron chi connectivity index (χ2n) is 6.83. The quantitative estimate of drug-likeness (QED) is 0.928. The Labute approximate surface area is 143 Å². The first-order chi connectivity index (χ1) is 12.0. The number of benzene rings is 1. The summed E-state index contributed by atoms with van der Waals surface area (Å²) in [5.41, 5.74) is -0.352. The first-order valence-corrected chi connectivity index (χ1v) is 8.34. The summed E-state index contributed by atoms with van der Waals surface area (Å²) in [4.78, 5) is 26.0. The number of rotatable bonds is 3. The summed E-state index contributed by atoms with van der Waals surface area (Å²) in [7, 11) is 0. The summed E-state index contributed by atoms with van der Waals surface area (Å²) in [6.07, 6.45) is 3.87. The molecule has 7 heteroatoms. The Bertz CT molecular complexity index is 850. The SMILES string of the molecule is O=C(c1ccn(-c2ccccc2F)n1)N1C[C@@H]2CCC[C@@]2(C(=O)O)C1. The highest BCUT2D eigenvalue weighted by Gasteiger charge is 2.56. The number of hydrogen-bond acceptors (Lipinski definition) is 3. The minimum absolute atomic E-state index is 0.00241. The van der Waals surface area contributed by atoms with Gasteiger partial charge in [0, 0.05) is 19.3 Å². The Morgan fingerprint density at radius 2 is 2.08 bits per heavy atom. The van der Waals surface area contributed by atoms with Crippen molar-refractivity contribution >= 4 is 11.9 Å². The summed E-state index contributed by atoms with van der Waals surface area (Å²) in [6.45, 7) is 0.663. The molecule has 1 aliphatic carbocycles. The standard InChI is InChI=1S/C18H18FN3O3/c19-13-5-1-2-6-15(13)22-9-7-14(20-22)16(23)21-10-12-4-3-8-18(12,11-21)17(24)25/h1-2,5-7,9,12H,3-4,8,10-11H2,(H,24,25)/t12-,18+/m0/s1. The lowest BCUT2D eigenvalue weighted by Gasteiger charge is -2.23. The van der Waals surface area contributed by atoms with Crippen molar-refractivity contribution in [1.29, 1.82) is 0 Å². The van der Waals surface area contributed by atoms with Gasteiger partial charge < -0.3 is 10.0 Å². The summed E-state index contributed by atoms with van der Waals surface area (Å²) in [6, 6.07) is 7.73. The van der Waals surface area contributed by atoms with E-state index in [0.29, 0.717) is 13.0 Å². The number of aromatic nitrogens is 2. The molecule has 1 saturated heterocycles. The van der Waals surface area contributed by atoms with Gasteiger partial charge in [0.1, 0.15) is 11.5 Å². The van der Waals surface area contributed by atoms with Crippen LogP contribution in [0.1, 0.15) is 29.8 Å². The highest BCUT2D eigenvalue weighted by atomic mass is 19.1. The number of fused-ring (bicyclic) bond motifs is 1. The van der Waals surface area contributed by atoms with Crippen LogP contribution in [-0.2, 0) is 4.79 Å². The van der Waals surface area contributed by atoms with Gasteiger partial charge in [-0.1, -0.05) is 18.6 Å². The molecule has 0 radical (unpaired) electrons. The summed E-state index contributed by atoms with van der Waals surface area (Å²) in [5, 5.41) is 13.8. The molecule has 2 heterocycles. The van der Waals surface area contributed by atoms with Crippen molar-refractivity contribution in [2.24, 2.45) is 11.3 Å². The molecule has 1 aromatic heterocycles. The molecule has 1 N–H and O–H groups in total. The zero-order valence-corrected chi connectivity index (χ0v) is 13.6. The molecule has 6 nitrogen and oxygen atoms in total. The van der Waals surface area contributed by atoms with Gasteiger partial charge in [-0.25, -0.2) is 9.07 Å². The Hall–Kier alpha value is -2.70. The monoisotopic (exact) mass is 343 g/mol. The molecule has 130 valence electrons. The molecule has 1 aliphatic heterocycles. The van der Waals surface area contributed by atoms with Crippen LogP contribution in [-0.4, -0.2) is 44.8 Å². The van der Waals surface area contributed by atoms with Gasteiger partial charge in [-0.05, 0) is 37.0 Å². The minimum Gasteiger partial charge on any atom is -0.481 e. The number of halogens is 1. The Balaban J connectivity index is 1.57. The summed E-state index contributed by atoms with van der Waals surface area (Å²) >= 11 is 0. The lowest BCUT2D eigenvalue weighted by Crippen LogP contribution is -2.37. The van der Waals surface area contributed by atoms with E-state index in [-0.39, 0.29) is 29.8 Å². The summed E-state index contributed by atoms with van der Waals surface area (Å²) < 4.78 is 15.2. The molecule has 0 spiro atoms. The van der Waals surface area contributed by atoms with E-state index in [1.54, 1.807) is 23.1 Å². The van der Waals surface area contributed by atoms with Crippen LogP contribution >= 0.6 is 0 Å². The average molecular weight is 343 g/mol. The topological polar surface area (TPSA) is 75.4 Å². The Morgan fingerprint density at radius 1 is 1.28 bits per heavy atom. The second kappa shape index (κ2) is 5.68. The fraction of sp³-hybridized carbons (Fsp3) is 0.389. The maximum atomic E-state index is 13.9. The molecular formula is C18H18FN3O3. The predicted molar refractivity (Wildman–Crippen MR) is 86.8 cm³/mol. The number of likely N-dealkylation sites (tertiary alicyclic amines) is 1. The van der Waals surface area contributed by atoms with Crippen molar-refractivity contribution in [1.82, 2.24) is 14.7 Å². The smallest absolute Gasteiger partial charge is 0.311 e. The van der Waals surface area contributed by atoms with Crippen LogP contribution in [0.2, 0.25) is 0 Å². The van der Waals surface area contributed by atoms with Crippen LogP contribution in [0.25, 0.3) is 5.69 Å². The highest BCUT2D eigenvalue weighted by molar-refractivity contribution is 5.93. The third-order valence-electron chi connectivity index (χ3n) is 5.49. The molecule has 2 aromatic rings. The number of aliphatic carboxylic acids is 1. The number of hydrogen-bond donors (Lipinski definition) is 1. The largest absolute Gasteiger partial charge is 0.481 e. The molecular weight excluding hydrogens is 325 g/mol. The first kappa shape index (κ1) is 15.8. The van der Waals surface area contributed by atoms with Crippen LogP contribution in [0, 0.1) is 17.2 Å². The number of para-hydroxylation sites is 1. The van der Waals surface area contributed by atoms with E-state index in [1.807, 2.05) is 0 Å². The third kappa shape index (κ3) is 2.42. The van der Waals surface area contributed by atoms with E-state index in [0.717, 1.165) is 12.8 Å². The Morgan fingerprint density at radius 3 is 2.80 bits per heavy atom. The maximum absolute atomic E-state index is 13.9. The van der Waals surface area contributed by atoms with E-state index in [4.69, 9.17) is 0 Å². The van der Waals surface area contributed by atoms with Gasteiger partial charge in [-0.3, -0.25) is 9.59 Å². The lowest BCUT2D eigenvalue weighted by atomic mass is 9.81. The van der Waals surface area contributed by atoms with Crippen molar-refractivity contribution in [3.63, 3.8) is 0 Å². The molecule has 1 saturated carbocycles.